The molecule has 4 heteroatoms. The maximum atomic E-state index is 11.4. The van der Waals surface area contributed by atoms with Gasteiger partial charge in [-0.2, -0.15) is 0 Å². The largest absolute Gasteiger partial charge is 0.478 e. The Labute approximate surface area is 122 Å². The molecule has 0 saturated heterocycles. The first-order valence-electron chi connectivity index (χ1n) is 6.55. The van der Waals surface area contributed by atoms with Crippen LogP contribution in [0.4, 0.5) is 0 Å². The minimum Gasteiger partial charge on any atom is -0.478 e. The number of carbonyl (C=O) groups is 2. The van der Waals surface area contributed by atoms with Gasteiger partial charge in [-0.3, -0.25) is 0 Å². The molecular formula is C17H16O4. The molecule has 0 radical (unpaired) electrons. The fraction of sp³-hybridized carbons (Fsp3) is 0.176. The molecule has 2 aromatic carbocycles. The molecule has 0 aromatic heterocycles. The van der Waals surface area contributed by atoms with Crippen molar-refractivity contribution in [3.8, 4) is 0 Å². The maximum Gasteiger partial charge on any atom is 0.336 e. The molecule has 0 fully saturated rings. The highest BCUT2D eigenvalue weighted by molar-refractivity contribution is 5.96. The van der Waals surface area contributed by atoms with Crippen molar-refractivity contribution in [1.29, 1.82) is 0 Å². The topological polar surface area (TPSA) is 74.6 Å². The van der Waals surface area contributed by atoms with Crippen LogP contribution >= 0.6 is 0 Å². The zero-order valence-corrected chi connectivity index (χ0v) is 11.9. The lowest BCUT2D eigenvalue weighted by Crippen LogP contribution is -2.11. The second kappa shape index (κ2) is 5.79. The number of rotatable bonds is 4. The van der Waals surface area contributed by atoms with Gasteiger partial charge >= 0.3 is 11.9 Å². The van der Waals surface area contributed by atoms with E-state index < -0.39 is 11.9 Å². The van der Waals surface area contributed by atoms with Gasteiger partial charge in [0.15, 0.2) is 0 Å². The number of aryl methyl sites for hydroxylation is 2. The van der Waals surface area contributed by atoms with E-state index in [4.69, 9.17) is 0 Å². The van der Waals surface area contributed by atoms with Gasteiger partial charge in [0.05, 0.1) is 11.1 Å². The number of carboxylic acid groups (broad SMARTS) is 2. The monoisotopic (exact) mass is 284 g/mol. The highest BCUT2D eigenvalue weighted by Crippen LogP contribution is 2.23. The zero-order chi connectivity index (χ0) is 15.6. The number of hydrogen-bond acceptors (Lipinski definition) is 2. The van der Waals surface area contributed by atoms with Crippen molar-refractivity contribution in [2.45, 2.75) is 20.3 Å². The lowest BCUT2D eigenvalue weighted by molar-refractivity contribution is 0.0696. The van der Waals surface area contributed by atoms with E-state index in [1.165, 1.54) is 18.2 Å². The van der Waals surface area contributed by atoms with Crippen molar-refractivity contribution >= 4 is 11.9 Å². The van der Waals surface area contributed by atoms with E-state index >= 15 is 0 Å². The van der Waals surface area contributed by atoms with E-state index in [1.54, 1.807) is 0 Å². The summed E-state index contributed by atoms with van der Waals surface area (Å²) in [4.78, 5) is 22.7. The average molecular weight is 284 g/mol. The van der Waals surface area contributed by atoms with Gasteiger partial charge in [-0.05, 0) is 54.7 Å². The van der Waals surface area contributed by atoms with Gasteiger partial charge in [-0.25, -0.2) is 9.59 Å². The second-order valence-electron chi connectivity index (χ2n) is 4.99. The van der Waals surface area contributed by atoms with Crippen LogP contribution in [0.15, 0.2) is 36.4 Å². The summed E-state index contributed by atoms with van der Waals surface area (Å²) >= 11 is 0. The molecule has 2 aromatic rings. The maximum absolute atomic E-state index is 11.4. The van der Waals surface area contributed by atoms with Gasteiger partial charge in [-0.15, -0.1) is 0 Å². The Balaban J connectivity index is 2.62. The van der Waals surface area contributed by atoms with Crippen molar-refractivity contribution < 1.29 is 19.8 Å². The first-order valence-corrected chi connectivity index (χ1v) is 6.55. The summed E-state index contributed by atoms with van der Waals surface area (Å²) in [5.41, 5.74) is 3.43. The van der Waals surface area contributed by atoms with Crippen LogP contribution < -0.4 is 0 Å². The Bertz CT molecular complexity index is 664. The van der Waals surface area contributed by atoms with E-state index in [-0.39, 0.29) is 11.1 Å². The molecule has 0 amide bonds. The molecular weight excluding hydrogens is 268 g/mol. The van der Waals surface area contributed by atoms with Crippen LogP contribution in [0, 0.1) is 13.8 Å². The lowest BCUT2D eigenvalue weighted by Gasteiger charge is -2.14. The van der Waals surface area contributed by atoms with Crippen LogP contribution in [-0.4, -0.2) is 22.2 Å². The van der Waals surface area contributed by atoms with Crippen LogP contribution in [0.25, 0.3) is 0 Å². The SMILES string of the molecule is Cc1cccc(C)c1Cc1c(C(=O)O)cccc1C(=O)O. The third-order valence-electron chi connectivity index (χ3n) is 3.63. The number of hydrogen-bond donors (Lipinski definition) is 2. The molecule has 0 aliphatic carbocycles. The number of aromatic carboxylic acids is 2. The van der Waals surface area contributed by atoms with E-state index in [2.05, 4.69) is 0 Å². The van der Waals surface area contributed by atoms with E-state index in [0.29, 0.717) is 12.0 Å². The van der Waals surface area contributed by atoms with E-state index in [9.17, 15) is 19.8 Å². The summed E-state index contributed by atoms with van der Waals surface area (Å²) in [6.45, 7) is 3.87. The number of benzene rings is 2. The molecule has 0 spiro atoms. The van der Waals surface area contributed by atoms with Gasteiger partial charge in [0, 0.05) is 0 Å². The normalized spacial score (nSPS) is 10.4. The molecule has 0 atom stereocenters. The molecule has 4 nitrogen and oxygen atoms in total. The van der Waals surface area contributed by atoms with Crippen LogP contribution in [0.2, 0.25) is 0 Å². The van der Waals surface area contributed by atoms with Gasteiger partial charge < -0.3 is 10.2 Å². The van der Waals surface area contributed by atoms with E-state index in [1.807, 2.05) is 32.0 Å². The first-order chi connectivity index (χ1) is 9.91. The van der Waals surface area contributed by atoms with Crippen molar-refractivity contribution in [3.05, 3.63) is 69.8 Å². The molecule has 0 aliphatic rings. The lowest BCUT2D eigenvalue weighted by atomic mass is 9.90. The Morgan fingerprint density at radius 1 is 0.810 bits per heavy atom. The van der Waals surface area contributed by atoms with Crippen LogP contribution in [0.1, 0.15) is 43.0 Å². The van der Waals surface area contributed by atoms with Crippen LogP contribution in [0.5, 0.6) is 0 Å². The van der Waals surface area contributed by atoms with Crippen LogP contribution in [-0.2, 0) is 6.42 Å². The van der Waals surface area contributed by atoms with Gasteiger partial charge in [-0.1, -0.05) is 24.3 Å². The fourth-order valence-electron chi connectivity index (χ4n) is 2.48. The standard InChI is InChI=1S/C17H16O4/c1-10-5-3-6-11(2)14(10)9-15-12(16(18)19)7-4-8-13(15)17(20)21/h3-8H,9H2,1-2H3,(H,18,19)(H,20,21). The first kappa shape index (κ1) is 14.8. The summed E-state index contributed by atoms with van der Waals surface area (Å²) < 4.78 is 0. The molecule has 108 valence electrons. The van der Waals surface area contributed by atoms with Gasteiger partial charge in [0.1, 0.15) is 0 Å². The molecule has 0 bridgehead atoms. The summed E-state index contributed by atoms with van der Waals surface area (Å²) in [7, 11) is 0. The third kappa shape index (κ3) is 2.94. The van der Waals surface area contributed by atoms with Crippen LogP contribution in [0.3, 0.4) is 0 Å². The minimum absolute atomic E-state index is 0.0394. The summed E-state index contributed by atoms with van der Waals surface area (Å²) in [5.74, 6) is -2.22. The predicted octanol–water partition coefficient (Wildman–Crippen LogP) is 3.29. The highest BCUT2D eigenvalue weighted by Gasteiger charge is 2.19. The predicted molar refractivity (Wildman–Crippen MR) is 79.1 cm³/mol. The number of carboxylic acids is 2. The Morgan fingerprint density at radius 2 is 1.24 bits per heavy atom. The molecule has 2 N–H and O–H groups in total. The average Bonchev–Trinajstić information content (AvgIpc) is 2.42. The van der Waals surface area contributed by atoms with E-state index in [0.717, 1.165) is 16.7 Å². The summed E-state index contributed by atoms with van der Waals surface area (Å²) in [6, 6.07) is 10.1. The van der Waals surface area contributed by atoms with Crippen molar-refractivity contribution in [1.82, 2.24) is 0 Å². The van der Waals surface area contributed by atoms with Gasteiger partial charge in [0.25, 0.3) is 0 Å². The third-order valence-corrected chi connectivity index (χ3v) is 3.63. The summed E-state index contributed by atoms with van der Waals surface area (Å²) in [5, 5.41) is 18.6. The van der Waals surface area contributed by atoms with Crippen molar-refractivity contribution in [3.63, 3.8) is 0 Å². The van der Waals surface area contributed by atoms with Crippen molar-refractivity contribution in [2.24, 2.45) is 0 Å². The Hall–Kier alpha value is -2.62. The molecule has 0 aliphatic heterocycles. The highest BCUT2D eigenvalue weighted by atomic mass is 16.4. The molecule has 21 heavy (non-hydrogen) atoms. The second-order valence-corrected chi connectivity index (χ2v) is 4.99. The fourth-order valence-corrected chi connectivity index (χ4v) is 2.48. The van der Waals surface area contributed by atoms with Crippen molar-refractivity contribution in [2.75, 3.05) is 0 Å². The Kier molecular flexibility index (Phi) is 4.08. The quantitative estimate of drug-likeness (QED) is 0.903. The molecule has 0 saturated carbocycles. The minimum atomic E-state index is -1.11. The zero-order valence-electron chi connectivity index (χ0n) is 11.9. The molecule has 2 rings (SSSR count). The summed E-state index contributed by atoms with van der Waals surface area (Å²) in [6.07, 6.45) is 0.294. The molecule has 0 heterocycles. The molecule has 0 unspecified atom stereocenters. The van der Waals surface area contributed by atoms with Gasteiger partial charge in [0.2, 0.25) is 0 Å². The smallest absolute Gasteiger partial charge is 0.336 e. The Morgan fingerprint density at radius 3 is 1.67 bits per heavy atom.